The van der Waals surface area contributed by atoms with Gasteiger partial charge in [-0.15, -0.1) is 6.58 Å². The van der Waals surface area contributed by atoms with Crippen LogP contribution < -0.4 is 0 Å². The van der Waals surface area contributed by atoms with Gasteiger partial charge in [0.2, 0.25) is 0 Å². The van der Waals surface area contributed by atoms with Crippen LogP contribution in [0, 0.1) is 5.92 Å². The first-order valence-corrected chi connectivity index (χ1v) is 8.17. The van der Waals surface area contributed by atoms with Gasteiger partial charge in [-0.3, -0.25) is 0 Å². The fraction of sp³-hybridized carbons (Fsp3) is 0.800. The van der Waals surface area contributed by atoms with E-state index in [-0.39, 0.29) is 5.31 Å². The van der Waals surface area contributed by atoms with Crippen LogP contribution in [0.25, 0.3) is 0 Å². The minimum atomic E-state index is 0.285. The van der Waals surface area contributed by atoms with Gasteiger partial charge in [0.25, 0.3) is 0 Å². The molecule has 0 amide bonds. The molecule has 0 aromatic carbocycles. The monoisotopic (exact) mass is 310 g/mol. The van der Waals surface area contributed by atoms with Gasteiger partial charge >= 0.3 is 0 Å². The summed E-state index contributed by atoms with van der Waals surface area (Å²) >= 11 is 2.42. The van der Waals surface area contributed by atoms with Gasteiger partial charge in [-0.1, -0.05) is 42.2 Å². The minimum absolute atomic E-state index is 0.285. The molecule has 0 saturated carbocycles. The van der Waals surface area contributed by atoms with Gasteiger partial charge in [0, 0.05) is 0 Å². The van der Waals surface area contributed by atoms with E-state index in [1.807, 2.05) is 8.93 Å². The smallest absolute Gasteiger partial charge is 0.100 e. The highest BCUT2D eigenvalue weighted by molar-refractivity contribution is 14.2. The zero-order valence-corrected chi connectivity index (χ0v) is 12.3. The Kier molecular flexibility index (Phi) is 6.08. The standard InChI is InChI=1S/C10H20BIS/c1-7(2)9(13-12)11-10(5,6)8(3)4/h7,9,11H,3H2,1-2,4-6H3. The predicted molar refractivity (Wildman–Crippen MR) is 76.2 cm³/mol. The highest BCUT2D eigenvalue weighted by atomic mass is 127. The van der Waals surface area contributed by atoms with Crippen molar-refractivity contribution in [1.82, 2.24) is 0 Å². The molecule has 1 atom stereocenters. The van der Waals surface area contributed by atoms with Crippen molar-refractivity contribution in [3.63, 3.8) is 0 Å². The van der Waals surface area contributed by atoms with Crippen LogP contribution in [-0.4, -0.2) is 12.4 Å². The molecule has 0 aromatic heterocycles. The van der Waals surface area contributed by atoms with E-state index in [9.17, 15) is 0 Å². The van der Waals surface area contributed by atoms with Crippen LogP contribution >= 0.6 is 30.1 Å². The first-order valence-electron chi connectivity index (χ1n) is 4.74. The van der Waals surface area contributed by atoms with Crippen molar-refractivity contribution in [2.24, 2.45) is 5.92 Å². The second kappa shape index (κ2) is 5.69. The lowest BCUT2D eigenvalue weighted by Gasteiger charge is -2.29. The maximum atomic E-state index is 4.06. The molecule has 76 valence electrons. The molecule has 0 spiro atoms. The summed E-state index contributed by atoms with van der Waals surface area (Å²) in [5.41, 5.74) is 1.30. The topological polar surface area (TPSA) is 0 Å². The molecule has 0 bridgehead atoms. The Hall–Kier alpha value is 0.885. The highest BCUT2D eigenvalue weighted by Crippen LogP contribution is 2.37. The van der Waals surface area contributed by atoms with E-state index in [0.717, 1.165) is 11.1 Å². The number of rotatable bonds is 5. The van der Waals surface area contributed by atoms with Crippen LogP contribution in [0.3, 0.4) is 0 Å². The van der Waals surface area contributed by atoms with Gasteiger partial charge < -0.3 is 0 Å². The van der Waals surface area contributed by atoms with E-state index in [0.29, 0.717) is 0 Å². The third kappa shape index (κ3) is 4.77. The van der Waals surface area contributed by atoms with Crippen LogP contribution in [-0.2, 0) is 0 Å². The SMILES string of the molecule is C=C(C)C(C)(C)BC(SI)C(C)C. The lowest BCUT2D eigenvalue weighted by Crippen LogP contribution is -2.28. The Labute approximate surface area is 100 Å². The molecule has 3 heteroatoms. The van der Waals surface area contributed by atoms with Gasteiger partial charge in [0.1, 0.15) is 7.28 Å². The molecule has 1 unspecified atom stereocenters. The number of halogens is 1. The zero-order chi connectivity index (χ0) is 10.6. The van der Waals surface area contributed by atoms with E-state index in [1.165, 1.54) is 12.9 Å². The predicted octanol–water partition coefficient (Wildman–Crippen LogP) is 4.26. The first kappa shape index (κ1) is 13.9. The molecule has 0 aliphatic heterocycles. The summed E-state index contributed by atoms with van der Waals surface area (Å²) in [6.07, 6.45) is 0. The highest BCUT2D eigenvalue weighted by Gasteiger charge is 2.27. The summed E-state index contributed by atoms with van der Waals surface area (Å²) in [7, 11) is 3.18. The molecular formula is C10H20BIS. The molecule has 0 radical (unpaired) electrons. The second-order valence-electron chi connectivity index (χ2n) is 4.74. The molecule has 0 saturated heterocycles. The van der Waals surface area contributed by atoms with Crippen molar-refractivity contribution in [2.75, 3.05) is 0 Å². The summed E-state index contributed by atoms with van der Waals surface area (Å²) in [6, 6.07) is 0. The molecule has 0 aromatic rings. The van der Waals surface area contributed by atoms with E-state index in [1.54, 1.807) is 0 Å². The van der Waals surface area contributed by atoms with Gasteiger partial charge in [0.05, 0.1) is 0 Å². The summed E-state index contributed by atoms with van der Waals surface area (Å²) in [6.45, 7) is 15.4. The fourth-order valence-electron chi connectivity index (χ4n) is 1.05. The average molecular weight is 310 g/mol. The molecule has 0 aliphatic rings. The number of allylic oxidation sites excluding steroid dienone is 1. The number of hydrogen-bond donors (Lipinski definition) is 0. The van der Waals surface area contributed by atoms with Crippen molar-refractivity contribution in [3.8, 4) is 0 Å². The maximum absolute atomic E-state index is 4.06. The van der Waals surface area contributed by atoms with Crippen LogP contribution in [0.4, 0.5) is 0 Å². The molecule has 0 N–H and O–H groups in total. The Morgan fingerprint density at radius 1 is 1.46 bits per heavy atom. The van der Waals surface area contributed by atoms with Crippen molar-refractivity contribution in [2.45, 2.75) is 45.1 Å². The van der Waals surface area contributed by atoms with E-state index in [4.69, 9.17) is 0 Å². The van der Waals surface area contributed by atoms with E-state index >= 15 is 0 Å². The molecular weight excluding hydrogens is 290 g/mol. The van der Waals surface area contributed by atoms with Gasteiger partial charge in [-0.2, -0.15) is 0 Å². The quantitative estimate of drug-likeness (QED) is 0.415. The zero-order valence-electron chi connectivity index (χ0n) is 9.36. The maximum Gasteiger partial charge on any atom is 0.149 e. The summed E-state index contributed by atoms with van der Waals surface area (Å²) in [4.78, 5) is 0. The van der Waals surface area contributed by atoms with Crippen molar-refractivity contribution >= 4 is 37.4 Å². The molecule has 0 rings (SSSR count). The Morgan fingerprint density at radius 3 is 2.15 bits per heavy atom. The second-order valence-corrected chi connectivity index (χ2v) is 7.05. The third-order valence-electron chi connectivity index (χ3n) is 2.72. The van der Waals surface area contributed by atoms with Crippen molar-refractivity contribution in [1.29, 1.82) is 0 Å². The van der Waals surface area contributed by atoms with Crippen LogP contribution in [0.1, 0.15) is 34.6 Å². The lowest BCUT2D eigenvalue weighted by molar-refractivity contribution is 0.685. The Morgan fingerprint density at radius 2 is 1.92 bits per heavy atom. The van der Waals surface area contributed by atoms with Gasteiger partial charge in [-0.25, -0.2) is 0 Å². The molecule has 0 nitrogen and oxygen atoms in total. The number of hydrogen-bond acceptors (Lipinski definition) is 1. The van der Waals surface area contributed by atoms with Crippen LogP contribution in [0.15, 0.2) is 12.2 Å². The lowest BCUT2D eigenvalue weighted by atomic mass is 9.48. The van der Waals surface area contributed by atoms with E-state index < -0.39 is 0 Å². The fourth-order valence-corrected chi connectivity index (χ4v) is 4.03. The summed E-state index contributed by atoms with van der Waals surface area (Å²) in [5, 5.41) is 1.03. The largest absolute Gasteiger partial charge is 0.149 e. The van der Waals surface area contributed by atoms with Crippen LogP contribution in [0.5, 0.6) is 0 Å². The van der Waals surface area contributed by atoms with Gasteiger partial charge in [0.15, 0.2) is 0 Å². The van der Waals surface area contributed by atoms with Crippen LogP contribution in [0.2, 0.25) is 5.31 Å². The van der Waals surface area contributed by atoms with Gasteiger partial charge in [-0.05, 0) is 44.5 Å². The minimum Gasteiger partial charge on any atom is -0.100 e. The van der Waals surface area contributed by atoms with E-state index in [2.05, 4.69) is 62.4 Å². The van der Waals surface area contributed by atoms with Crippen molar-refractivity contribution in [3.05, 3.63) is 12.2 Å². The normalized spacial score (nSPS) is 14.4. The first-order chi connectivity index (χ1) is 5.81. The summed E-state index contributed by atoms with van der Waals surface area (Å²) < 4.78 is 0. The molecule has 0 heterocycles. The molecule has 0 fully saturated rings. The summed E-state index contributed by atoms with van der Waals surface area (Å²) in [5.74, 6) is 0.750. The Bertz CT molecular complexity index is 178. The third-order valence-corrected chi connectivity index (χ3v) is 5.62. The Balaban J connectivity index is 4.30. The average Bonchev–Trinajstić information content (AvgIpc) is 1.99. The van der Waals surface area contributed by atoms with Crippen molar-refractivity contribution < 1.29 is 0 Å². The molecule has 13 heavy (non-hydrogen) atoms. The molecule has 0 aliphatic carbocycles.